The first-order chi connectivity index (χ1) is 8.20. The van der Waals surface area contributed by atoms with Gasteiger partial charge in [0.1, 0.15) is 5.60 Å². The normalized spacial score (nSPS) is 11.5. The van der Waals surface area contributed by atoms with E-state index in [2.05, 4.69) is 15.9 Å². The molecule has 0 saturated heterocycles. The van der Waals surface area contributed by atoms with Crippen LogP contribution in [0.4, 0.5) is 10.5 Å². The molecule has 3 nitrogen and oxygen atoms in total. The summed E-state index contributed by atoms with van der Waals surface area (Å²) in [4.78, 5) is 13.8. The van der Waals surface area contributed by atoms with Gasteiger partial charge in [-0.3, -0.25) is 4.90 Å². The van der Waals surface area contributed by atoms with Gasteiger partial charge in [0, 0.05) is 16.2 Å². The van der Waals surface area contributed by atoms with Crippen LogP contribution in [0.2, 0.25) is 0 Å². The summed E-state index contributed by atoms with van der Waals surface area (Å²) in [6, 6.07) is 7.67. The van der Waals surface area contributed by atoms with E-state index in [1.807, 2.05) is 58.9 Å². The Kier molecular flexibility index (Phi) is 4.79. The van der Waals surface area contributed by atoms with E-state index in [1.54, 1.807) is 4.90 Å². The largest absolute Gasteiger partial charge is 0.443 e. The molecule has 0 spiro atoms. The molecule has 0 aliphatic heterocycles. The van der Waals surface area contributed by atoms with Gasteiger partial charge in [0.25, 0.3) is 0 Å². The summed E-state index contributed by atoms with van der Waals surface area (Å²) in [6.45, 7) is 9.52. The lowest BCUT2D eigenvalue weighted by molar-refractivity contribution is 0.0570. The van der Waals surface area contributed by atoms with Gasteiger partial charge in [-0.1, -0.05) is 22.0 Å². The molecule has 1 rings (SSSR count). The maximum Gasteiger partial charge on any atom is 0.415 e. The van der Waals surface area contributed by atoms with Crippen LogP contribution in [-0.2, 0) is 4.74 Å². The minimum absolute atomic E-state index is 0.0362. The van der Waals surface area contributed by atoms with Crippen molar-refractivity contribution in [3.63, 3.8) is 0 Å². The van der Waals surface area contributed by atoms with Crippen molar-refractivity contribution in [1.29, 1.82) is 0 Å². The summed E-state index contributed by atoms with van der Waals surface area (Å²) in [5.74, 6) is 0. The highest BCUT2D eigenvalue weighted by Crippen LogP contribution is 2.24. The van der Waals surface area contributed by atoms with Gasteiger partial charge in [0.2, 0.25) is 0 Å². The average molecular weight is 314 g/mol. The Balaban J connectivity index is 3.00. The second kappa shape index (κ2) is 5.74. The van der Waals surface area contributed by atoms with Crippen LogP contribution in [0.15, 0.2) is 28.7 Å². The molecule has 100 valence electrons. The molecule has 0 radical (unpaired) electrons. The highest BCUT2D eigenvalue weighted by molar-refractivity contribution is 9.10. The van der Waals surface area contributed by atoms with Gasteiger partial charge in [-0.2, -0.15) is 0 Å². The summed E-state index contributed by atoms with van der Waals surface area (Å²) in [6.07, 6.45) is -0.324. The van der Waals surface area contributed by atoms with Gasteiger partial charge in [-0.25, -0.2) is 4.79 Å². The lowest BCUT2D eigenvalue weighted by Gasteiger charge is -2.30. The standard InChI is InChI=1S/C14H20BrNO2/c1-10(2)16(13(17)18-14(3,4)5)12-8-6-7-11(15)9-12/h6-10H,1-5H3. The molecule has 0 bridgehead atoms. The molecule has 0 N–H and O–H groups in total. The van der Waals surface area contributed by atoms with E-state index in [-0.39, 0.29) is 12.1 Å². The van der Waals surface area contributed by atoms with Crippen molar-refractivity contribution in [2.45, 2.75) is 46.3 Å². The molecular weight excluding hydrogens is 294 g/mol. The molecular formula is C14H20BrNO2. The average Bonchev–Trinajstić information content (AvgIpc) is 2.13. The van der Waals surface area contributed by atoms with Gasteiger partial charge in [0.05, 0.1) is 0 Å². The van der Waals surface area contributed by atoms with Crippen LogP contribution in [0.3, 0.4) is 0 Å². The van der Waals surface area contributed by atoms with Crippen molar-refractivity contribution < 1.29 is 9.53 Å². The maximum atomic E-state index is 12.2. The lowest BCUT2D eigenvalue weighted by atomic mass is 10.2. The predicted molar refractivity (Wildman–Crippen MR) is 78.0 cm³/mol. The zero-order chi connectivity index (χ0) is 13.9. The molecule has 0 heterocycles. The van der Waals surface area contributed by atoms with E-state index >= 15 is 0 Å². The number of carbonyl (C=O) groups is 1. The van der Waals surface area contributed by atoms with Crippen LogP contribution in [0.1, 0.15) is 34.6 Å². The van der Waals surface area contributed by atoms with Gasteiger partial charge in [-0.15, -0.1) is 0 Å². The second-order valence-corrected chi connectivity index (χ2v) is 6.34. The molecule has 1 aromatic rings. The summed E-state index contributed by atoms with van der Waals surface area (Å²) in [5, 5.41) is 0. The first-order valence-electron chi connectivity index (χ1n) is 5.98. The number of hydrogen-bond donors (Lipinski definition) is 0. The van der Waals surface area contributed by atoms with Crippen molar-refractivity contribution in [2.75, 3.05) is 4.90 Å². The molecule has 0 unspecified atom stereocenters. The number of hydrogen-bond acceptors (Lipinski definition) is 2. The quantitative estimate of drug-likeness (QED) is 0.798. The predicted octanol–water partition coefficient (Wildman–Crippen LogP) is 4.60. The topological polar surface area (TPSA) is 29.5 Å². The SMILES string of the molecule is CC(C)N(C(=O)OC(C)(C)C)c1cccc(Br)c1. The van der Waals surface area contributed by atoms with Crippen molar-refractivity contribution >= 4 is 27.7 Å². The molecule has 1 amide bonds. The van der Waals surface area contributed by atoms with Gasteiger partial charge in [-0.05, 0) is 52.8 Å². The third-order valence-corrected chi connectivity index (χ3v) is 2.69. The van der Waals surface area contributed by atoms with Gasteiger partial charge in [0.15, 0.2) is 0 Å². The van der Waals surface area contributed by atoms with Gasteiger partial charge < -0.3 is 4.74 Å². The highest BCUT2D eigenvalue weighted by Gasteiger charge is 2.25. The molecule has 18 heavy (non-hydrogen) atoms. The van der Waals surface area contributed by atoms with Crippen molar-refractivity contribution in [2.24, 2.45) is 0 Å². The zero-order valence-corrected chi connectivity index (χ0v) is 13.1. The summed E-state index contributed by atoms with van der Waals surface area (Å²) >= 11 is 3.41. The maximum absolute atomic E-state index is 12.2. The molecule has 0 aromatic heterocycles. The van der Waals surface area contributed by atoms with Crippen LogP contribution < -0.4 is 4.90 Å². The first kappa shape index (κ1) is 15.0. The fourth-order valence-electron chi connectivity index (χ4n) is 1.55. The molecule has 0 atom stereocenters. The van der Waals surface area contributed by atoms with E-state index in [0.29, 0.717) is 0 Å². The Labute approximate surface area is 117 Å². The lowest BCUT2D eigenvalue weighted by Crippen LogP contribution is -2.41. The Morgan fingerprint density at radius 2 is 1.94 bits per heavy atom. The molecule has 0 aliphatic carbocycles. The van der Waals surface area contributed by atoms with Crippen LogP contribution in [-0.4, -0.2) is 17.7 Å². The molecule has 1 aromatic carbocycles. The minimum atomic E-state index is -0.490. The van der Waals surface area contributed by atoms with Crippen molar-refractivity contribution in [3.05, 3.63) is 28.7 Å². The van der Waals surface area contributed by atoms with Crippen LogP contribution in [0.25, 0.3) is 0 Å². The number of anilines is 1. The molecule has 0 fully saturated rings. The Morgan fingerprint density at radius 1 is 1.33 bits per heavy atom. The number of halogens is 1. The molecule has 0 aliphatic rings. The highest BCUT2D eigenvalue weighted by atomic mass is 79.9. The fourth-order valence-corrected chi connectivity index (χ4v) is 1.94. The van der Waals surface area contributed by atoms with Crippen LogP contribution in [0.5, 0.6) is 0 Å². The Hall–Kier alpha value is -1.03. The fraction of sp³-hybridized carbons (Fsp3) is 0.500. The number of carbonyl (C=O) groups excluding carboxylic acids is 1. The number of ether oxygens (including phenoxy) is 1. The number of rotatable bonds is 2. The summed E-state index contributed by atoms with van der Waals surface area (Å²) in [5.41, 5.74) is 0.338. The van der Waals surface area contributed by atoms with Gasteiger partial charge >= 0.3 is 6.09 Å². The summed E-state index contributed by atoms with van der Waals surface area (Å²) < 4.78 is 6.37. The smallest absolute Gasteiger partial charge is 0.415 e. The number of nitrogens with zero attached hydrogens (tertiary/aromatic N) is 1. The monoisotopic (exact) mass is 313 g/mol. The third-order valence-electron chi connectivity index (χ3n) is 2.19. The van der Waals surface area contributed by atoms with E-state index in [0.717, 1.165) is 10.2 Å². The van der Waals surface area contributed by atoms with Crippen molar-refractivity contribution in [3.8, 4) is 0 Å². The van der Waals surface area contributed by atoms with E-state index in [4.69, 9.17) is 4.74 Å². The molecule has 0 saturated carbocycles. The van der Waals surface area contributed by atoms with E-state index in [9.17, 15) is 4.79 Å². The van der Waals surface area contributed by atoms with Crippen LogP contribution >= 0.6 is 15.9 Å². The molecule has 4 heteroatoms. The van der Waals surface area contributed by atoms with Crippen LogP contribution in [0, 0.1) is 0 Å². The van der Waals surface area contributed by atoms with E-state index in [1.165, 1.54) is 0 Å². The Morgan fingerprint density at radius 3 is 2.39 bits per heavy atom. The third kappa shape index (κ3) is 4.33. The second-order valence-electron chi connectivity index (χ2n) is 5.42. The van der Waals surface area contributed by atoms with Crippen molar-refractivity contribution in [1.82, 2.24) is 0 Å². The zero-order valence-electron chi connectivity index (χ0n) is 11.5. The first-order valence-corrected chi connectivity index (χ1v) is 6.78. The number of amides is 1. The number of benzene rings is 1. The minimum Gasteiger partial charge on any atom is -0.443 e. The van der Waals surface area contributed by atoms with E-state index < -0.39 is 5.60 Å². The Bertz CT molecular complexity index is 424. The summed E-state index contributed by atoms with van der Waals surface area (Å²) in [7, 11) is 0.